The lowest BCUT2D eigenvalue weighted by Crippen LogP contribution is -2.30. The molecule has 0 fully saturated rings. The van der Waals surface area contributed by atoms with E-state index in [0.717, 1.165) is 12.8 Å². The predicted molar refractivity (Wildman–Crippen MR) is 54.4 cm³/mol. The molecular formula is C11H19NO. The van der Waals surface area contributed by atoms with Gasteiger partial charge in [0.15, 0.2) is 0 Å². The molecule has 0 radical (unpaired) electrons. The Bertz CT molecular complexity index is 208. The first kappa shape index (κ1) is 10.3. The van der Waals surface area contributed by atoms with E-state index < -0.39 is 0 Å². The lowest BCUT2D eigenvalue weighted by atomic mass is 9.87. The van der Waals surface area contributed by atoms with Gasteiger partial charge in [-0.1, -0.05) is 12.5 Å². The summed E-state index contributed by atoms with van der Waals surface area (Å²) in [5, 5.41) is 2.89. The van der Waals surface area contributed by atoms with Crippen molar-refractivity contribution >= 4 is 6.41 Å². The van der Waals surface area contributed by atoms with Crippen LogP contribution >= 0.6 is 0 Å². The molecule has 1 N–H and O–H groups in total. The number of carbonyl (C=O) groups is 1. The summed E-state index contributed by atoms with van der Waals surface area (Å²) in [6.07, 6.45) is 6.81. The molecule has 0 unspecified atom stereocenters. The van der Waals surface area contributed by atoms with Gasteiger partial charge >= 0.3 is 0 Å². The zero-order valence-electron chi connectivity index (χ0n) is 8.60. The summed E-state index contributed by atoms with van der Waals surface area (Å²) in [5.41, 5.74) is 2.97. The summed E-state index contributed by atoms with van der Waals surface area (Å²) in [5.74, 6) is 0. The second-order valence-electron chi connectivity index (χ2n) is 3.76. The Labute approximate surface area is 80.4 Å². The maximum absolute atomic E-state index is 10.4. The Hall–Kier alpha value is -0.790. The van der Waals surface area contributed by atoms with Gasteiger partial charge in [-0.3, -0.25) is 4.79 Å². The quantitative estimate of drug-likeness (QED) is 0.523. The third-order valence-corrected chi connectivity index (χ3v) is 2.89. The molecule has 1 amide bonds. The van der Waals surface area contributed by atoms with Gasteiger partial charge in [-0.05, 0) is 44.6 Å². The monoisotopic (exact) mass is 181 g/mol. The van der Waals surface area contributed by atoms with E-state index in [1.54, 1.807) is 0 Å². The molecule has 2 nitrogen and oxygen atoms in total. The number of allylic oxidation sites excluding steroid dienone is 1. The highest BCUT2D eigenvalue weighted by molar-refractivity contribution is 5.48. The van der Waals surface area contributed by atoms with Crippen LogP contribution in [-0.4, -0.2) is 12.5 Å². The molecule has 0 aromatic rings. The van der Waals surface area contributed by atoms with Crippen LogP contribution in [0.1, 0.15) is 46.0 Å². The lowest BCUT2D eigenvalue weighted by Gasteiger charge is -2.24. The van der Waals surface area contributed by atoms with Gasteiger partial charge in [0, 0.05) is 6.04 Å². The van der Waals surface area contributed by atoms with Gasteiger partial charge in [0.1, 0.15) is 0 Å². The second kappa shape index (κ2) is 5.05. The Balaban J connectivity index is 2.69. The molecule has 2 heteroatoms. The zero-order chi connectivity index (χ0) is 9.68. The third-order valence-electron chi connectivity index (χ3n) is 2.89. The van der Waals surface area contributed by atoms with E-state index in [4.69, 9.17) is 0 Å². The van der Waals surface area contributed by atoms with Crippen molar-refractivity contribution in [2.75, 3.05) is 0 Å². The predicted octanol–water partition coefficient (Wildman–Crippen LogP) is 2.40. The summed E-state index contributed by atoms with van der Waals surface area (Å²) in [6, 6.07) is 0.290. The molecule has 0 spiro atoms. The number of amides is 1. The average Bonchev–Trinajstić information content (AvgIpc) is 2.16. The van der Waals surface area contributed by atoms with Crippen molar-refractivity contribution in [3.8, 4) is 0 Å². The summed E-state index contributed by atoms with van der Waals surface area (Å²) in [6.45, 7) is 4.32. The van der Waals surface area contributed by atoms with Crippen molar-refractivity contribution in [3.63, 3.8) is 0 Å². The molecular weight excluding hydrogens is 162 g/mol. The standard InChI is InChI=1S/C11H19NO/c1-3-11(12-8-13)10-7-5-4-6-9(10)2/h8,11H,3-7H2,1-2H3,(H,12,13)/t11-/m1/s1. The fourth-order valence-electron chi connectivity index (χ4n) is 2.10. The molecule has 1 atom stereocenters. The van der Waals surface area contributed by atoms with Crippen molar-refractivity contribution in [1.82, 2.24) is 5.32 Å². The molecule has 1 aliphatic carbocycles. The van der Waals surface area contributed by atoms with Crippen molar-refractivity contribution in [2.24, 2.45) is 0 Å². The van der Waals surface area contributed by atoms with Gasteiger partial charge < -0.3 is 5.32 Å². The van der Waals surface area contributed by atoms with E-state index in [1.165, 1.54) is 36.8 Å². The van der Waals surface area contributed by atoms with Crippen LogP contribution in [0.15, 0.2) is 11.1 Å². The molecule has 1 aliphatic rings. The van der Waals surface area contributed by atoms with Gasteiger partial charge in [0.2, 0.25) is 6.41 Å². The average molecular weight is 181 g/mol. The minimum Gasteiger partial charge on any atom is -0.352 e. The minimum atomic E-state index is 0.290. The highest BCUT2D eigenvalue weighted by atomic mass is 16.1. The fraction of sp³-hybridized carbons (Fsp3) is 0.727. The van der Waals surface area contributed by atoms with E-state index in [1.807, 2.05) is 0 Å². The first-order chi connectivity index (χ1) is 6.29. The molecule has 0 saturated heterocycles. The minimum absolute atomic E-state index is 0.290. The van der Waals surface area contributed by atoms with E-state index >= 15 is 0 Å². The van der Waals surface area contributed by atoms with Gasteiger partial charge in [-0.2, -0.15) is 0 Å². The normalized spacial score (nSPS) is 19.8. The highest BCUT2D eigenvalue weighted by Gasteiger charge is 2.16. The molecule has 0 aliphatic heterocycles. The number of hydrogen-bond acceptors (Lipinski definition) is 1. The van der Waals surface area contributed by atoms with Crippen molar-refractivity contribution < 1.29 is 4.79 Å². The van der Waals surface area contributed by atoms with Crippen molar-refractivity contribution in [3.05, 3.63) is 11.1 Å². The van der Waals surface area contributed by atoms with E-state index in [-0.39, 0.29) is 6.04 Å². The molecule has 74 valence electrons. The van der Waals surface area contributed by atoms with E-state index in [2.05, 4.69) is 19.2 Å². The Kier molecular flexibility index (Phi) is 4.00. The molecule has 0 bridgehead atoms. The molecule has 0 aromatic carbocycles. The van der Waals surface area contributed by atoms with Crippen LogP contribution in [0.3, 0.4) is 0 Å². The summed E-state index contributed by atoms with van der Waals surface area (Å²) < 4.78 is 0. The maximum Gasteiger partial charge on any atom is 0.207 e. The molecule has 0 aromatic heterocycles. The maximum atomic E-state index is 10.4. The zero-order valence-corrected chi connectivity index (χ0v) is 8.60. The fourth-order valence-corrected chi connectivity index (χ4v) is 2.10. The van der Waals surface area contributed by atoms with Gasteiger partial charge in [-0.25, -0.2) is 0 Å². The van der Waals surface area contributed by atoms with Crippen molar-refractivity contribution in [2.45, 2.75) is 52.0 Å². The second-order valence-corrected chi connectivity index (χ2v) is 3.76. The molecule has 0 saturated carbocycles. The number of carbonyl (C=O) groups excluding carboxylic acids is 1. The molecule has 1 rings (SSSR count). The van der Waals surface area contributed by atoms with Gasteiger partial charge in [0.05, 0.1) is 0 Å². The van der Waals surface area contributed by atoms with Crippen LogP contribution in [0.5, 0.6) is 0 Å². The highest BCUT2D eigenvalue weighted by Crippen LogP contribution is 2.27. The van der Waals surface area contributed by atoms with Crippen LogP contribution in [0.4, 0.5) is 0 Å². The van der Waals surface area contributed by atoms with Crippen molar-refractivity contribution in [1.29, 1.82) is 0 Å². The Morgan fingerprint density at radius 1 is 1.46 bits per heavy atom. The van der Waals surface area contributed by atoms with Crippen LogP contribution < -0.4 is 5.32 Å². The van der Waals surface area contributed by atoms with Gasteiger partial charge in [-0.15, -0.1) is 0 Å². The number of nitrogens with one attached hydrogen (secondary N) is 1. The topological polar surface area (TPSA) is 29.1 Å². The summed E-state index contributed by atoms with van der Waals surface area (Å²) in [7, 11) is 0. The molecule has 13 heavy (non-hydrogen) atoms. The molecule has 0 heterocycles. The van der Waals surface area contributed by atoms with E-state index in [0.29, 0.717) is 0 Å². The van der Waals surface area contributed by atoms with Gasteiger partial charge in [0.25, 0.3) is 0 Å². The van der Waals surface area contributed by atoms with Crippen LogP contribution in [-0.2, 0) is 4.79 Å². The first-order valence-electron chi connectivity index (χ1n) is 5.17. The largest absolute Gasteiger partial charge is 0.352 e. The first-order valence-corrected chi connectivity index (χ1v) is 5.17. The van der Waals surface area contributed by atoms with Crippen LogP contribution in [0.2, 0.25) is 0 Å². The summed E-state index contributed by atoms with van der Waals surface area (Å²) >= 11 is 0. The van der Waals surface area contributed by atoms with Crippen LogP contribution in [0, 0.1) is 0 Å². The Morgan fingerprint density at radius 2 is 2.15 bits per heavy atom. The summed E-state index contributed by atoms with van der Waals surface area (Å²) in [4.78, 5) is 10.4. The smallest absolute Gasteiger partial charge is 0.207 e. The third kappa shape index (κ3) is 2.58. The SMILES string of the molecule is CC[C@@H](NC=O)C1=C(C)CCCC1. The number of rotatable bonds is 4. The lowest BCUT2D eigenvalue weighted by molar-refractivity contribution is -0.110. The Morgan fingerprint density at radius 3 is 2.69 bits per heavy atom. The van der Waals surface area contributed by atoms with E-state index in [9.17, 15) is 4.79 Å². The van der Waals surface area contributed by atoms with Crippen LogP contribution in [0.25, 0.3) is 0 Å². The number of hydrogen-bond donors (Lipinski definition) is 1.